The number of rotatable bonds is 6. The summed E-state index contributed by atoms with van der Waals surface area (Å²) >= 11 is 0. The number of piperidine rings is 1. The number of amides is 2. The van der Waals surface area contributed by atoms with E-state index in [2.05, 4.69) is 21.3 Å². The van der Waals surface area contributed by atoms with E-state index in [9.17, 15) is 9.59 Å². The molecule has 142 valence electrons. The van der Waals surface area contributed by atoms with E-state index in [0.29, 0.717) is 19.4 Å². The third-order valence-corrected chi connectivity index (χ3v) is 5.28. The molecule has 2 amide bonds. The number of aromatic nitrogens is 1. The monoisotopic (exact) mass is 358 g/mol. The number of hydrogen-bond donors (Lipinski definition) is 1. The summed E-state index contributed by atoms with van der Waals surface area (Å²) < 4.78 is 0. The summed E-state index contributed by atoms with van der Waals surface area (Å²) in [4.78, 5) is 32.8. The van der Waals surface area contributed by atoms with Crippen molar-refractivity contribution in [3.63, 3.8) is 0 Å². The number of nitrogens with one attached hydrogen (secondary N) is 1. The van der Waals surface area contributed by atoms with Crippen LogP contribution in [0.15, 0.2) is 24.5 Å². The first-order valence-corrected chi connectivity index (χ1v) is 9.89. The van der Waals surface area contributed by atoms with Crippen molar-refractivity contribution in [2.24, 2.45) is 0 Å². The smallest absolute Gasteiger partial charge is 0.222 e. The zero-order valence-electron chi connectivity index (χ0n) is 15.5. The number of likely N-dealkylation sites (tertiary alicyclic amines) is 2. The Labute approximate surface area is 156 Å². The second kappa shape index (κ2) is 9.67. The maximum atomic E-state index is 12.3. The topological polar surface area (TPSA) is 65.5 Å². The van der Waals surface area contributed by atoms with Gasteiger partial charge in [0.25, 0.3) is 0 Å². The first kappa shape index (κ1) is 18.8. The Balaban J connectivity index is 1.41. The van der Waals surface area contributed by atoms with Crippen LogP contribution in [0.3, 0.4) is 0 Å². The fourth-order valence-corrected chi connectivity index (χ4v) is 3.88. The van der Waals surface area contributed by atoms with Crippen LogP contribution in [0.25, 0.3) is 0 Å². The second-order valence-corrected chi connectivity index (χ2v) is 7.44. The summed E-state index contributed by atoms with van der Waals surface area (Å²) in [5.41, 5.74) is 1.21. The van der Waals surface area contributed by atoms with Crippen molar-refractivity contribution in [2.75, 3.05) is 26.2 Å². The van der Waals surface area contributed by atoms with E-state index in [1.165, 1.54) is 5.56 Å². The molecule has 6 nitrogen and oxygen atoms in total. The van der Waals surface area contributed by atoms with Crippen molar-refractivity contribution >= 4 is 11.8 Å². The SMILES string of the molecule is O=C(CCN1CCCCCC1=O)NC1CCCN(Cc2cccnc2)C1. The minimum absolute atomic E-state index is 0.0651. The molecule has 3 rings (SSSR count). The molecule has 1 N–H and O–H groups in total. The molecule has 0 aliphatic carbocycles. The highest BCUT2D eigenvalue weighted by Gasteiger charge is 2.22. The molecule has 2 saturated heterocycles. The molecule has 6 heteroatoms. The van der Waals surface area contributed by atoms with Gasteiger partial charge in [0.15, 0.2) is 0 Å². The van der Waals surface area contributed by atoms with Gasteiger partial charge in [-0.25, -0.2) is 0 Å². The van der Waals surface area contributed by atoms with Crippen molar-refractivity contribution in [2.45, 2.75) is 57.5 Å². The number of nitrogens with zero attached hydrogens (tertiary/aromatic N) is 3. The van der Waals surface area contributed by atoms with Crippen LogP contribution in [0, 0.1) is 0 Å². The van der Waals surface area contributed by atoms with Crippen LogP contribution < -0.4 is 5.32 Å². The molecule has 26 heavy (non-hydrogen) atoms. The molecule has 0 aromatic carbocycles. The predicted molar refractivity (Wildman–Crippen MR) is 100 cm³/mol. The lowest BCUT2D eigenvalue weighted by molar-refractivity contribution is -0.131. The van der Waals surface area contributed by atoms with Gasteiger partial charge in [-0.2, -0.15) is 0 Å². The van der Waals surface area contributed by atoms with Crippen LogP contribution in [0.1, 0.15) is 50.5 Å². The number of carbonyl (C=O) groups is 2. The van der Waals surface area contributed by atoms with Gasteiger partial charge >= 0.3 is 0 Å². The average molecular weight is 358 g/mol. The van der Waals surface area contributed by atoms with Crippen LogP contribution in [-0.4, -0.2) is 58.8 Å². The molecular formula is C20H30N4O2. The van der Waals surface area contributed by atoms with Crippen molar-refractivity contribution < 1.29 is 9.59 Å². The van der Waals surface area contributed by atoms with Gasteiger partial charge < -0.3 is 10.2 Å². The molecule has 0 radical (unpaired) electrons. The van der Waals surface area contributed by atoms with E-state index < -0.39 is 0 Å². The van der Waals surface area contributed by atoms with Crippen LogP contribution in [0.2, 0.25) is 0 Å². The third kappa shape index (κ3) is 5.80. The van der Waals surface area contributed by atoms with E-state index in [-0.39, 0.29) is 17.9 Å². The molecule has 2 aliphatic rings. The zero-order chi connectivity index (χ0) is 18.2. The highest BCUT2D eigenvalue weighted by molar-refractivity contribution is 5.79. The average Bonchev–Trinajstić information content (AvgIpc) is 2.85. The van der Waals surface area contributed by atoms with Gasteiger partial charge in [-0.1, -0.05) is 12.5 Å². The fourth-order valence-electron chi connectivity index (χ4n) is 3.88. The molecule has 2 fully saturated rings. The summed E-state index contributed by atoms with van der Waals surface area (Å²) in [6.45, 7) is 4.17. The third-order valence-electron chi connectivity index (χ3n) is 5.28. The molecule has 0 bridgehead atoms. The molecule has 0 spiro atoms. The molecule has 0 saturated carbocycles. The highest BCUT2D eigenvalue weighted by Crippen LogP contribution is 2.14. The lowest BCUT2D eigenvalue weighted by Gasteiger charge is -2.33. The minimum Gasteiger partial charge on any atom is -0.352 e. The lowest BCUT2D eigenvalue weighted by Crippen LogP contribution is -2.48. The Hall–Kier alpha value is -1.95. The van der Waals surface area contributed by atoms with Crippen molar-refractivity contribution in [3.8, 4) is 0 Å². The predicted octanol–water partition coefficient (Wildman–Crippen LogP) is 1.95. The van der Waals surface area contributed by atoms with Gasteiger partial charge in [0, 0.05) is 57.5 Å². The Morgan fingerprint density at radius 1 is 1.23 bits per heavy atom. The van der Waals surface area contributed by atoms with Gasteiger partial charge in [0.1, 0.15) is 0 Å². The Bertz CT molecular complexity index is 593. The Morgan fingerprint density at radius 2 is 2.15 bits per heavy atom. The first-order valence-electron chi connectivity index (χ1n) is 9.89. The molecule has 1 atom stereocenters. The second-order valence-electron chi connectivity index (χ2n) is 7.44. The maximum absolute atomic E-state index is 12.3. The number of hydrogen-bond acceptors (Lipinski definition) is 4. The molecule has 3 heterocycles. The van der Waals surface area contributed by atoms with Crippen LogP contribution >= 0.6 is 0 Å². The molecular weight excluding hydrogens is 328 g/mol. The Morgan fingerprint density at radius 3 is 3.00 bits per heavy atom. The van der Waals surface area contributed by atoms with Crippen LogP contribution in [0.4, 0.5) is 0 Å². The Kier molecular flexibility index (Phi) is 7.00. The van der Waals surface area contributed by atoms with Crippen molar-refractivity contribution in [1.29, 1.82) is 0 Å². The van der Waals surface area contributed by atoms with Gasteiger partial charge in [-0.3, -0.25) is 19.5 Å². The van der Waals surface area contributed by atoms with Gasteiger partial charge in [0.05, 0.1) is 0 Å². The van der Waals surface area contributed by atoms with E-state index in [0.717, 1.165) is 58.3 Å². The minimum atomic E-state index is 0.0651. The highest BCUT2D eigenvalue weighted by atomic mass is 16.2. The van der Waals surface area contributed by atoms with E-state index in [4.69, 9.17) is 0 Å². The largest absolute Gasteiger partial charge is 0.352 e. The summed E-state index contributed by atoms with van der Waals surface area (Å²) in [5, 5.41) is 3.17. The zero-order valence-corrected chi connectivity index (χ0v) is 15.5. The van der Waals surface area contributed by atoms with Crippen LogP contribution in [0.5, 0.6) is 0 Å². The van der Waals surface area contributed by atoms with Crippen molar-refractivity contribution in [3.05, 3.63) is 30.1 Å². The molecule has 1 unspecified atom stereocenters. The standard InChI is InChI=1S/C20H30N4O2/c25-19(9-13-24-12-3-1-2-8-20(24)26)22-18-7-5-11-23(16-18)15-17-6-4-10-21-14-17/h4,6,10,14,18H,1-3,5,7-9,11-13,15-16H2,(H,22,25). The van der Waals surface area contributed by atoms with Gasteiger partial charge in [0.2, 0.25) is 11.8 Å². The van der Waals surface area contributed by atoms with Crippen molar-refractivity contribution in [1.82, 2.24) is 20.1 Å². The quantitative estimate of drug-likeness (QED) is 0.844. The number of pyridine rings is 1. The lowest BCUT2D eigenvalue weighted by atomic mass is 10.0. The molecule has 2 aliphatic heterocycles. The van der Waals surface area contributed by atoms with E-state index >= 15 is 0 Å². The molecule has 1 aromatic heterocycles. The number of carbonyl (C=O) groups excluding carboxylic acids is 2. The fraction of sp³-hybridized carbons (Fsp3) is 0.650. The summed E-state index contributed by atoms with van der Waals surface area (Å²) in [7, 11) is 0. The van der Waals surface area contributed by atoms with Crippen LogP contribution in [-0.2, 0) is 16.1 Å². The van der Waals surface area contributed by atoms with Gasteiger partial charge in [-0.05, 0) is 43.9 Å². The van der Waals surface area contributed by atoms with E-state index in [1.807, 2.05) is 17.2 Å². The molecule has 1 aromatic rings. The first-order chi connectivity index (χ1) is 12.7. The van der Waals surface area contributed by atoms with Gasteiger partial charge in [-0.15, -0.1) is 0 Å². The normalized spacial score (nSPS) is 22.1. The van der Waals surface area contributed by atoms with E-state index in [1.54, 1.807) is 6.20 Å². The summed E-state index contributed by atoms with van der Waals surface area (Å²) in [6.07, 6.45) is 10.0. The maximum Gasteiger partial charge on any atom is 0.222 e. The summed E-state index contributed by atoms with van der Waals surface area (Å²) in [5.74, 6) is 0.269. The summed E-state index contributed by atoms with van der Waals surface area (Å²) in [6, 6.07) is 4.25.